The number of nitrogens with zero attached hydrogens (tertiary/aromatic N) is 4. The second kappa shape index (κ2) is 9.22. The van der Waals surface area contributed by atoms with Gasteiger partial charge in [0.1, 0.15) is 11.6 Å². The molecule has 9 heteroatoms. The van der Waals surface area contributed by atoms with Crippen LogP contribution in [0.15, 0.2) is 79.1 Å². The average molecular weight is 468 g/mol. The standard InChI is InChI=1S/C26H18F2N6O/c27-18-12-19(28)21(31-13-18)14-32-26(35)24-25(29)34-22(15-5-2-1-3-6-15)23(33-24)17-8-9-20-16(11-17)7-4-10-30-20/h1-13H,14H2,(H2,29,34)(H,32,35). The monoisotopic (exact) mass is 468 g/mol. The molecule has 1 amide bonds. The smallest absolute Gasteiger partial charge is 0.274 e. The molecule has 0 radical (unpaired) electrons. The van der Waals surface area contributed by atoms with Gasteiger partial charge in [0, 0.05) is 28.8 Å². The summed E-state index contributed by atoms with van der Waals surface area (Å²) in [4.78, 5) is 30.0. The van der Waals surface area contributed by atoms with Crippen molar-refractivity contribution in [3.05, 3.63) is 102 Å². The van der Waals surface area contributed by atoms with Crippen molar-refractivity contribution in [2.45, 2.75) is 6.54 Å². The van der Waals surface area contributed by atoms with Gasteiger partial charge in [-0.2, -0.15) is 0 Å². The van der Waals surface area contributed by atoms with E-state index in [1.54, 1.807) is 6.20 Å². The molecule has 2 aromatic carbocycles. The predicted octanol–water partition coefficient (Wildman–Crippen LogP) is 4.54. The van der Waals surface area contributed by atoms with Gasteiger partial charge in [-0.3, -0.25) is 14.8 Å². The number of aromatic nitrogens is 4. The number of pyridine rings is 2. The summed E-state index contributed by atoms with van der Waals surface area (Å²) in [5.41, 5.74) is 9.17. The number of benzene rings is 2. The molecule has 0 saturated heterocycles. The van der Waals surface area contributed by atoms with Crippen molar-refractivity contribution in [3.63, 3.8) is 0 Å². The lowest BCUT2D eigenvalue weighted by Crippen LogP contribution is -2.26. The number of amides is 1. The van der Waals surface area contributed by atoms with Gasteiger partial charge in [-0.25, -0.2) is 18.7 Å². The van der Waals surface area contributed by atoms with E-state index in [0.717, 1.165) is 28.2 Å². The molecular weight excluding hydrogens is 450 g/mol. The molecule has 3 aromatic heterocycles. The number of anilines is 1. The number of fused-ring (bicyclic) bond motifs is 1. The van der Waals surface area contributed by atoms with Crippen molar-refractivity contribution in [2.24, 2.45) is 0 Å². The molecule has 3 N–H and O–H groups in total. The molecule has 0 atom stereocenters. The lowest BCUT2D eigenvalue weighted by Gasteiger charge is -2.14. The van der Waals surface area contributed by atoms with Crippen molar-refractivity contribution in [1.29, 1.82) is 0 Å². The van der Waals surface area contributed by atoms with Crippen molar-refractivity contribution in [3.8, 4) is 22.5 Å². The van der Waals surface area contributed by atoms with E-state index in [4.69, 9.17) is 5.73 Å². The molecule has 0 saturated carbocycles. The fraction of sp³-hybridized carbons (Fsp3) is 0.0385. The molecule has 0 aliphatic carbocycles. The Labute approximate surface area is 198 Å². The Morgan fingerprint density at radius 3 is 2.49 bits per heavy atom. The molecule has 0 bridgehead atoms. The van der Waals surface area contributed by atoms with Crippen molar-refractivity contribution in [2.75, 3.05) is 5.73 Å². The van der Waals surface area contributed by atoms with Crippen LogP contribution in [0.4, 0.5) is 14.6 Å². The fourth-order valence-electron chi connectivity index (χ4n) is 3.66. The summed E-state index contributed by atoms with van der Waals surface area (Å²) in [6.45, 7) is -0.274. The molecule has 172 valence electrons. The van der Waals surface area contributed by atoms with Crippen LogP contribution in [0.3, 0.4) is 0 Å². The molecule has 35 heavy (non-hydrogen) atoms. The Balaban J connectivity index is 1.56. The summed E-state index contributed by atoms with van der Waals surface area (Å²) in [5, 5.41) is 3.42. The maximum atomic E-state index is 13.9. The topological polar surface area (TPSA) is 107 Å². The third kappa shape index (κ3) is 4.51. The van der Waals surface area contributed by atoms with Gasteiger partial charge in [-0.15, -0.1) is 0 Å². The number of rotatable bonds is 5. The number of carbonyl (C=O) groups is 1. The van der Waals surface area contributed by atoms with Gasteiger partial charge >= 0.3 is 0 Å². The maximum Gasteiger partial charge on any atom is 0.274 e. The van der Waals surface area contributed by atoms with Crippen molar-refractivity contribution in [1.82, 2.24) is 25.3 Å². The molecule has 0 fully saturated rings. The van der Waals surface area contributed by atoms with E-state index in [1.807, 2.05) is 60.7 Å². The normalized spacial score (nSPS) is 10.9. The number of carbonyl (C=O) groups excluding carboxylic acids is 1. The van der Waals surface area contributed by atoms with Gasteiger partial charge in [-0.05, 0) is 18.2 Å². The molecule has 5 rings (SSSR count). The van der Waals surface area contributed by atoms with E-state index < -0.39 is 17.5 Å². The maximum absolute atomic E-state index is 13.9. The number of nitrogens with one attached hydrogen (secondary N) is 1. The van der Waals surface area contributed by atoms with E-state index in [-0.39, 0.29) is 23.8 Å². The van der Waals surface area contributed by atoms with Crippen LogP contribution < -0.4 is 11.1 Å². The van der Waals surface area contributed by atoms with E-state index >= 15 is 0 Å². The highest BCUT2D eigenvalue weighted by Crippen LogP contribution is 2.32. The minimum Gasteiger partial charge on any atom is -0.382 e. The SMILES string of the molecule is Nc1nc(-c2ccccc2)c(-c2ccc3ncccc3c2)nc1C(=O)NCc1ncc(F)cc1F. The van der Waals surface area contributed by atoms with Crippen LogP contribution in [0.25, 0.3) is 33.4 Å². The van der Waals surface area contributed by atoms with Crippen LogP contribution in [0.2, 0.25) is 0 Å². The number of nitrogens with two attached hydrogens (primary N) is 1. The molecule has 7 nitrogen and oxygen atoms in total. The molecule has 0 spiro atoms. The van der Waals surface area contributed by atoms with Crippen LogP contribution in [-0.2, 0) is 6.54 Å². The zero-order chi connectivity index (χ0) is 24.4. The zero-order valence-corrected chi connectivity index (χ0v) is 18.2. The highest BCUT2D eigenvalue weighted by Gasteiger charge is 2.20. The van der Waals surface area contributed by atoms with Crippen LogP contribution >= 0.6 is 0 Å². The van der Waals surface area contributed by atoms with Crippen LogP contribution in [0.1, 0.15) is 16.2 Å². The molecule has 0 unspecified atom stereocenters. The van der Waals surface area contributed by atoms with E-state index in [9.17, 15) is 13.6 Å². The van der Waals surface area contributed by atoms with Crippen LogP contribution in [0, 0.1) is 11.6 Å². The van der Waals surface area contributed by atoms with E-state index in [1.165, 1.54) is 0 Å². The largest absolute Gasteiger partial charge is 0.382 e. The summed E-state index contributed by atoms with van der Waals surface area (Å²) in [6, 6.07) is 19.4. The molecular formula is C26H18F2N6O. The molecule has 3 heterocycles. The first-order valence-corrected chi connectivity index (χ1v) is 10.7. The first-order chi connectivity index (χ1) is 17.0. The second-order valence-electron chi connectivity index (χ2n) is 7.70. The summed E-state index contributed by atoms with van der Waals surface area (Å²) < 4.78 is 27.0. The van der Waals surface area contributed by atoms with E-state index in [0.29, 0.717) is 17.5 Å². The fourth-order valence-corrected chi connectivity index (χ4v) is 3.66. The Kier molecular flexibility index (Phi) is 5.80. The van der Waals surface area contributed by atoms with Gasteiger partial charge in [0.25, 0.3) is 5.91 Å². The quantitative estimate of drug-likeness (QED) is 0.392. The highest BCUT2D eigenvalue weighted by molar-refractivity contribution is 5.98. The van der Waals surface area contributed by atoms with Crippen molar-refractivity contribution < 1.29 is 13.6 Å². The summed E-state index contributed by atoms with van der Waals surface area (Å²) in [5.74, 6) is -2.42. The van der Waals surface area contributed by atoms with Crippen LogP contribution in [0.5, 0.6) is 0 Å². The number of nitrogen functional groups attached to an aromatic ring is 1. The third-order valence-electron chi connectivity index (χ3n) is 5.36. The minimum absolute atomic E-state index is 0.0832. The number of halogens is 2. The highest BCUT2D eigenvalue weighted by atomic mass is 19.1. The molecule has 0 aliphatic rings. The van der Waals surface area contributed by atoms with Crippen molar-refractivity contribution >= 4 is 22.6 Å². The Morgan fingerprint density at radius 1 is 0.886 bits per heavy atom. The Bertz CT molecular complexity index is 1560. The lowest BCUT2D eigenvalue weighted by molar-refractivity contribution is 0.0946. The Morgan fingerprint density at radius 2 is 1.69 bits per heavy atom. The Hall–Kier alpha value is -4.79. The number of hydrogen-bond donors (Lipinski definition) is 2. The summed E-state index contributed by atoms with van der Waals surface area (Å²) in [6.07, 6.45) is 2.59. The summed E-state index contributed by atoms with van der Waals surface area (Å²) in [7, 11) is 0. The molecule has 0 aliphatic heterocycles. The summed E-state index contributed by atoms with van der Waals surface area (Å²) >= 11 is 0. The van der Waals surface area contributed by atoms with Gasteiger partial charge in [0.2, 0.25) is 0 Å². The first-order valence-electron chi connectivity index (χ1n) is 10.7. The predicted molar refractivity (Wildman–Crippen MR) is 128 cm³/mol. The second-order valence-corrected chi connectivity index (χ2v) is 7.70. The average Bonchev–Trinajstić information content (AvgIpc) is 2.88. The number of hydrogen-bond acceptors (Lipinski definition) is 6. The van der Waals surface area contributed by atoms with Gasteiger partial charge < -0.3 is 11.1 Å². The first kappa shape index (κ1) is 22.0. The minimum atomic E-state index is -0.866. The lowest BCUT2D eigenvalue weighted by atomic mass is 10.0. The van der Waals surface area contributed by atoms with Gasteiger partial charge in [-0.1, -0.05) is 42.5 Å². The van der Waals surface area contributed by atoms with Crippen LogP contribution in [-0.4, -0.2) is 25.8 Å². The molecule has 5 aromatic rings. The van der Waals surface area contributed by atoms with E-state index in [2.05, 4.69) is 25.3 Å². The van der Waals surface area contributed by atoms with Gasteiger partial charge in [0.15, 0.2) is 11.5 Å². The van der Waals surface area contributed by atoms with Gasteiger partial charge in [0.05, 0.1) is 35.3 Å². The zero-order valence-electron chi connectivity index (χ0n) is 18.2. The third-order valence-corrected chi connectivity index (χ3v) is 5.36.